The van der Waals surface area contributed by atoms with Crippen molar-refractivity contribution in [3.63, 3.8) is 0 Å². The van der Waals surface area contributed by atoms with E-state index in [9.17, 15) is 10.1 Å². The van der Waals surface area contributed by atoms with E-state index in [1.807, 2.05) is 36.4 Å². The minimum atomic E-state index is -0.0550. The molecule has 1 N–H and O–H groups in total. The molecule has 152 valence electrons. The number of amides is 1. The lowest BCUT2D eigenvalue weighted by molar-refractivity contribution is 0.0828. The van der Waals surface area contributed by atoms with Crippen LogP contribution in [0.1, 0.15) is 29.3 Å². The Kier molecular flexibility index (Phi) is 6.55. The minimum Gasteiger partial charge on any atom is -0.369 e. The number of carbonyl (C=O) groups excluding carboxylic acids is 1. The largest absolute Gasteiger partial charge is 0.369 e. The third kappa shape index (κ3) is 4.60. The van der Waals surface area contributed by atoms with Gasteiger partial charge in [-0.05, 0) is 30.7 Å². The first-order valence-corrected chi connectivity index (χ1v) is 10.0. The number of carbonyl (C=O) groups is 1. The van der Waals surface area contributed by atoms with Crippen molar-refractivity contribution in [1.29, 1.82) is 5.26 Å². The van der Waals surface area contributed by atoms with Crippen molar-refractivity contribution in [2.24, 2.45) is 0 Å². The molecule has 7 heteroatoms. The van der Waals surface area contributed by atoms with E-state index in [4.69, 9.17) is 4.98 Å². The maximum atomic E-state index is 12.5. The van der Waals surface area contributed by atoms with Gasteiger partial charge in [-0.1, -0.05) is 19.1 Å². The van der Waals surface area contributed by atoms with Gasteiger partial charge < -0.3 is 20.0 Å². The molecule has 2 aromatic rings. The quantitative estimate of drug-likeness (QED) is 0.815. The lowest BCUT2D eigenvalue weighted by Crippen LogP contribution is -2.47. The van der Waals surface area contributed by atoms with Crippen LogP contribution in [0.3, 0.4) is 0 Å². The molecule has 1 amide bonds. The van der Waals surface area contributed by atoms with Crippen LogP contribution in [-0.2, 0) is 0 Å². The van der Waals surface area contributed by atoms with Crippen LogP contribution in [0.15, 0.2) is 36.4 Å². The van der Waals surface area contributed by atoms with Crippen molar-refractivity contribution in [1.82, 2.24) is 9.88 Å². The van der Waals surface area contributed by atoms with E-state index in [1.54, 1.807) is 19.0 Å². The first-order chi connectivity index (χ1) is 14.0. The van der Waals surface area contributed by atoms with E-state index in [1.165, 1.54) is 0 Å². The van der Waals surface area contributed by atoms with E-state index < -0.39 is 0 Å². The van der Waals surface area contributed by atoms with Crippen LogP contribution in [0, 0.1) is 11.3 Å². The first-order valence-electron chi connectivity index (χ1n) is 10.0. The molecule has 1 aliphatic rings. The van der Waals surface area contributed by atoms with E-state index in [0.29, 0.717) is 16.9 Å². The number of benzene rings is 1. The number of nitrogens with one attached hydrogen (secondary N) is 1. The van der Waals surface area contributed by atoms with Gasteiger partial charge in [-0.2, -0.15) is 5.26 Å². The zero-order valence-electron chi connectivity index (χ0n) is 17.4. The van der Waals surface area contributed by atoms with Gasteiger partial charge in [0.2, 0.25) is 0 Å². The van der Waals surface area contributed by atoms with Crippen molar-refractivity contribution in [3.05, 3.63) is 47.5 Å². The van der Waals surface area contributed by atoms with Gasteiger partial charge >= 0.3 is 0 Å². The normalized spacial score (nSPS) is 13.7. The van der Waals surface area contributed by atoms with Crippen LogP contribution >= 0.6 is 0 Å². The predicted molar refractivity (Wildman–Crippen MR) is 117 cm³/mol. The molecule has 1 saturated heterocycles. The number of rotatable bonds is 6. The number of hydrogen-bond acceptors (Lipinski definition) is 6. The Morgan fingerprint density at radius 1 is 1.14 bits per heavy atom. The number of nitrogens with zero attached hydrogens (tertiary/aromatic N) is 5. The van der Waals surface area contributed by atoms with Gasteiger partial charge in [-0.25, -0.2) is 4.98 Å². The zero-order chi connectivity index (χ0) is 20.8. The lowest BCUT2D eigenvalue weighted by Gasteiger charge is -2.37. The number of hydrogen-bond donors (Lipinski definition) is 1. The summed E-state index contributed by atoms with van der Waals surface area (Å²) in [6.45, 7) is 6.10. The van der Waals surface area contributed by atoms with Crippen molar-refractivity contribution >= 4 is 23.2 Å². The van der Waals surface area contributed by atoms with Crippen LogP contribution in [0.5, 0.6) is 0 Å². The molecule has 1 aliphatic heterocycles. The third-order valence-corrected chi connectivity index (χ3v) is 5.03. The van der Waals surface area contributed by atoms with Gasteiger partial charge in [0.15, 0.2) is 0 Å². The first kappa shape index (κ1) is 20.5. The van der Waals surface area contributed by atoms with Crippen LogP contribution < -0.4 is 15.1 Å². The highest BCUT2D eigenvalue weighted by molar-refractivity contribution is 5.98. The fraction of sp³-hybridized carbons (Fsp3) is 0.409. The number of nitriles is 1. The minimum absolute atomic E-state index is 0.0550. The average Bonchev–Trinajstić information content (AvgIpc) is 2.77. The molecule has 1 fully saturated rings. The molecule has 1 aromatic heterocycles. The van der Waals surface area contributed by atoms with Crippen LogP contribution in [0.4, 0.5) is 17.3 Å². The summed E-state index contributed by atoms with van der Waals surface area (Å²) in [4.78, 5) is 23.3. The second-order valence-corrected chi connectivity index (χ2v) is 7.30. The summed E-state index contributed by atoms with van der Waals surface area (Å²) in [7, 11) is 3.50. The summed E-state index contributed by atoms with van der Waals surface area (Å²) < 4.78 is 0. The molecule has 29 heavy (non-hydrogen) atoms. The Hall–Kier alpha value is -3.27. The maximum absolute atomic E-state index is 12.5. The molecular weight excluding hydrogens is 364 g/mol. The Balaban J connectivity index is 1.76. The number of pyridine rings is 1. The molecule has 2 heterocycles. The van der Waals surface area contributed by atoms with E-state index in [0.717, 1.165) is 50.6 Å². The molecule has 0 atom stereocenters. The number of para-hydroxylation sites is 1. The summed E-state index contributed by atoms with van der Waals surface area (Å²) in [6.07, 6.45) is 0.957. The van der Waals surface area contributed by atoms with E-state index >= 15 is 0 Å². The highest BCUT2D eigenvalue weighted by Crippen LogP contribution is 2.25. The molecule has 7 nitrogen and oxygen atoms in total. The van der Waals surface area contributed by atoms with Crippen molar-refractivity contribution in [2.45, 2.75) is 13.3 Å². The number of anilines is 3. The Morgan fingerprint density at radius 3 is 2.48 bits per heavy atom. The average molecular weight is 393 g/mol. The highest BCUT2D eigenvalue weighted by atomic mass is 16.2. The van der Waals surface area contributed by atoms with Crippen molar-refractivity contribution in [2.75, 3.05) is 61.9 Å². The molecule has 0 spiro atoms. The van der Waals surface area contributed by atoms with Gasteiger partial charge in [0, 0.05) is 46.8 Å². The molecular formula is C22H28N6O. The Bertz CT molecular complexity index is 896. The van der Waals surface area contributed by atoms with Crippen molar-refractivity contribution in [3.8, 4) is 6.07 Å². The second kappa shape index (κ2) is 9.28. The van der Waals surface area contributed by atoms with E-state index in [2.05, 4.69) is 28.1 Å². The van der Waals surface area contributed by atoms with Gasteiger partial charge in [0.05, 0.1) is 16.8 Å². The smallest absolute Gasteiger partial charge is 0.257 e. The molecule has 0 bridgehead atoms. The lowest BCUT2D eigenvalue weighted by atomic mass is 10.1. The third-order valence-electron chi connectivity index (χ3n) is 5.03. The van der Waals surface area contributed by atoms with Gasteiger partial charge in [-0.15, -0.1) is 0 Å². The summed E-state index contributed by atoms with van der Waals surface area (Å²) >= 11 is 0. The monoisotopic (exact) mass is 392 g/mol. The molecule has 1 aromatic carbocycles. The molecule has 0 unspecified atom stereocenters. The number of aromatic nitrogens is 1. The maximum Gasteiger partial charge on any atom is 0.257 e. The van der Waals surface area contributed by atoms with Crippen molar-refractivity contribution < 1.29 is 4.79 Å². The topological polar surface area (TPSA) is 75.5 Å². The predicted octanol–water partition coefficient (Wildman–Crippen LogP) is 2.80. The van der Waals surface area contributed by atoms with Gasteiger partial charge in [0.25, 0.3) is 5.91 Å². The zero-order valence-corrected chi connectivity index (χ0v) is 17.4. The van der Waals surface area contributed by atoms with Crippen LogP contribution in [0.25, 0.3) is 0 Å². The molecule has 3 rings (SSSR count). The summed E-state index contributed by atoms with van der Waals surface area (Å²) in [5, 5.41) is 12.7. The summed E-state index contributed by atoms with van der Waals surface area (Å²) in [6, 6.07) is 13.8. The van der Waals surface area contributed by atoms with E-state index in [-0.39, 0.29) is 5.91 Å². The molecule has 0 aliphatic carbocycles. The Labute approximate surface area is 172 Å². The SMILES string of the molecule is CCCNc1nc(N2CCN(c3ccccc3C#N)CC2)ccc1C(=O)N(C)C. The fourth-order valence-electron chi connectivity index (χ4n) is 3.44. The Morgan fingerprint density at radius 2 is 1.83 bits per heavy atom. The highest BCUT2D eigenvalue weighted by Gasteiger charge is 2.22. The summed E-state index contributed by atoms with van der Waals surface area (Å²) in [5.74, 6) is 1.45. The van der Waals surface area contributed by atoms with Crippen LogP contribution in [-0.4, -0.2) is 62.6 Å². The van der Waals surface area contributed by atoms with Gasteiger partial charge in [0.1, 0.15) is 17.7 Å². The molecule has 0 radical (unpaired) electrons. The second-order valence-electron chi connectivity index (χ2n) is 7.30. The number of piperazine rings is 1. The van der Waals surface area contributed by atoms with Crippen LogP contribution in [0.2, 0.25) is 0 Å². The summed E-state index contributed by atoms with van der Waals surface area (Å²) in [5.41, 5.74) is 2.28. The molecule has 0 saturated carbocycles. The standard InChI is InChI=1S/C22H28N6O/c1-4-11-24-21-18(22(29)26(2)3)9-10-20(25-21)28-14-12-27(13-15-28)19-8-6-5-7-17(19)16-23/h5-10H,4,11-15H2,1-3H3,(H,24,25). The van der Waals surface area contributed by atoms with Gasteiger partial charge in [-0.3, -0.25) is 4.79 Å². The fourth-order valence-corrected chi connectivity index (χ4v) is 3.44.